The fraction of sp³-hybridized carbons (Fsp3) is 0.211. The Bertz CT molecular complexity index is 1250. The van der Waals surface area contributed by atoms with Crippen LogP contribution < -0.4 is 10.0 Å². The summed E-state index contributed by atoms with van der Waals surface area (Å²) in [5.41, 5.74) is -1.71. The molecule has 0 radical (unpaired) electrons. The lowest BCUT2D eigenvalue weighted by molar-refractivity contribution is -0.143. The number of rotatable bonds is 6. The predicted octanol–water partition coefficient (Wildman–Crippen LogP) is 3.75. The SMILES string of the molecule is CCS(=O)(=O)Nc1ccc(NC(=O)c2nnn(-c3ccc(F)cc3)c2C(F)(F)F)cc1C. The second-order valence-electron chi connectivity index (χ2n) is 6.66. The van der Waals surface area contributed by atoms with Gasteiger partial charge in [-0.05, 0) is 61.9 Å². The molecule has 170 valence electrons. The monoisotopic (exact) mass is 471 g/mol. The van der Waals surface area contributed by atoms with E-state index in [0.717, 1.165) is 24.3 Å². The Balaban J connectivity index is 1.91. The van der Waals surface area contributed by atoms with Crippen LogP contribution in [0.5, 0.6) is 0 Å². The van der Waals surface area contributed by atoms with Gasteiger partial charge in [0.2, 0.25) is 10.0 Å². The van der Waals surface area contributed by atoms with Crippen LogP contribution >= 0.6 is 0 Å². The van der Waals surface area contributed by atoms with Gasteiger partial charge >= 0.3 is 6.18 Å². The molecule has 0 spiro atoms. The van der Waals surface area contributed by atoms with Crippen molar-refractivity contribution in [2.24, 2.45) is 0 Å². The van der Waals surface area contributed by atoms with Crippen LogP contribution in [0.4, 0.5) is 28.9 Å². The standard InChI is InChI=1S/C19H17F4N5O3S/c1-3-32(30,31)26-15-9-6-13(10-11(15)2)24-18(29)16-17(19(21,22)23)28(27-25-16)14-7-4-12(20)5-8-14/h4-10,26H,3H2,1-2H3,(H,24,29). The molecule has 8 nitrogen and oxygen atoms in total. The zero-order valence-electron chi connectivity index (χ0n) is 16.7. The van der Waals surface area contributed by atoms with Crippen LogP contribution in [0.1, 0.15) is 28.7 Å². The van der Waals surface area contributed by atoms with Crippen molar-refractivity contribution in [3.05, 3.63) is 65.2 Å². The normalized spacial score (nSPS) is 11.9. The van der Waals surface area contributed by atoms with Gasteiger partial charge in [-0.25, -0.2) is 17.5 Å². The van der Waals surface area contributed by atoms with E-state index in [1.165, 1.54) is 25.1 Å². The predicted molar refractivity (Wildman–Crippen MR) is 109 cm³/mol. The molecule has 0 saturated carbocycles. The number of nitrogens with zero attached hydrogens (tertiary/aromatic N) is 3. The molecule has 0 aliphatic rings. The number of amides is 1. The van der Waals surface area contributed by atoms with Gasteiger partial charge in [0, 0.05) is 5.69 Å². The molecule has 0 fully saturated rings. The van der Waals surface area contributed by atoms with E-state index in [4.69, 9.17) is 0 Å². The van der Waals surface area contributed by atoms with E-state index in [1.54, 1.807) is 6.92 Å². The van der Waals surface area contributed by atoms with Crippen molar-refractivity contribution in [3.8, 4) is 5.69 Å². The molecular weight excluding hydrogens is 454 g/mol. The highest BCUT2D eigenvalue weighted by Crippen LogP contribution is 2.33. The summed E-state index contributed by atoms with van der Waals surface area (Å²) in [6.07, 6.45) is -4.98. The summed E-state index contributed by atoms with van der Waals surface area (Å²) in [4.78, 5) is 12.6. The largest absolute Gasteiger partial charge is 0.435 e. The number of alkyl halides is 3. The maximum absolute atomic E-state index is 13.7. The van der Waals surface area contributed by atoms with E-state index in [1.807, 2.05) is 0 Å². The summed E-state index contributed by atoms with van der Waals surface area (Å²) in [6, 6.07) is 8.14. The number of nitrogens with one attached hydrogen (secondary N) is 2. The third-order valence-corrected chi connectivity index (χ3v) is 5.65. The lowest BCUT2D eigenvalue weighted by atomic mass is 10.2. The third kappa shape index (κ3) is 5.04. The van der Waals surface area contributed by atoms with Gasteiger partial charge in [-0.3, -0.25) is 9.52 Å². The number of sulfonamides is 1. The van der Waals surface area contributed by atoms with E-state index in [0.29, 0.717) is 10.2 Å². The molecule has 32 heavy (non-hydrogen) atoms. The Morgan fingerprint density at radius 1 is 1.12 bits per heavy atom. The summed E-state index contributed by atoms with van der Waals surface area (Å²) in [5.74, 6) is -1.97. The van der Waals surface area contributed by atoms with Crippen molar-refractivity contribution in [3.63, 3.8) is 0 Å². The first-order valence-corrected chi connectivity index (χ1v) is 10.8. The van der Waals surface area contributed by atoms with Gasteiger partial charge in [0.15, 0.2) is 11.4 Å². The number of aryl methyl sites for hydroxylation is 1. The second kappa shape index (κ2) is 8.57. The molecule has 2 N–H and O–H groups in total. The van der Waals surface area contributed by atoms with Crippen molar-refractivity contribution in [2.45, 2.75) is 20.0 Å². The number of carbonyl (C=O) groups is 1. The molecule has 1 aromatic heterocycles. The van der Waals surface area contributed by atoms with Gasteiger partial charge in [0.05, 0.1) is 17.1 Å². The first kappa shape index (κ1) is 23.2. The first-order valence-electron chi connectivity index (χ1n) is 9.12. The molecule has 1 amide bonds. The summed E-state index contributed by atoms with van der Waals surface area (Å²) in [5, 5.41) is 9.08. The Kier molecular flexibility index (Phi) is 6.21. The minimum Gasteiger partial charge on any atom is -0.321 e. The topological polar surface area (TPSA) is 106 Å². The Hall–Kier alpha value is -3.48. The maximum Gasteiger partial charge on any atom is 0.435 e. The molecule has 0 atom stereocenters. The summed E-state index contributed by atoms with van der Waals surface area (Å²) >= 11 is 0. The van der Waals surface area contributed by atoms with E-state index in [-0.39, 0.29) is 22.8 Å². The molecule has 0 bridgehead atoms. The maximum atomic E-state index is 13.7. The number of carbonyl (C=O) groups excluding carboxylic acids is 1. The summed E-state index contributed by atoms with van der Waals surface area (Å²) in [7, 11) is -3.53. The number of hydrogen-bond acceptors (Lipinski definition) is 5. The molecular formula is C19H17F4N5O3S. The van der Waals surface area contributed by atoms with Crippen molar-refractivity contribution < 1.29 is 30.8 Å². The lowest BCUT2D eigenvalue weighted by Crippen LogP contribution is -2.21. The average Bonchev–Trinajstić information content (AvgIpc) is 3.16. The van der Waals surface area contributed by atoms with E-state index in [9.17, 15) is 30.8 Å². The van der Waals surface area contributed by atoms with Crippen LogP contribution in [-0.2, 0) is 16.2 Å². The molecule has 0 saturated heterocycles. The molecule has 1 heterocycles. The van der Waals surface area contributed by atoms with Gasteiger partial charge in [-0.1, -0.05) is 5.21 Å². The van der Waals surface area contributed by atoms with Crippen molar-refractivity contribution in [2.75, 3.05) is 15.8 Å². The molecule has 0 unspecified atom stereocenters. The highest BCUT2D eigenvalue weighted by Gasteiger charge is 2.42. The quantitative estimate of drug-likeness (QED) is 0.533. The van der Waals surface area contributed by atoms with Gasteiger partial charge in [0.1, 0.15) is 5.82 Å². The van der Waals surface area contributed by atoms with Crippen LogP contribution in [0.15, 0.2) is 42.5 Å². The minimum absolute atomic E-state index is 0.122. The van der Waals surface area contributed by atoms with E-state index >= 15 is 0 Å². The number of anilines is 2. The van der Waals surface area contributed by atoms with Crippen molar-refractivity contribution in [1.29, 1.82) is 0 Å². The first-order chi connectivity index (χ1) is 14.9. The highest BCUT2D eigenvalue weighted by molar-refractivity contribution is 7.92. The van der Waals surface area contributed by atoms with Crippen molar-refractivity contribution in [1.82, 2.24) is 15.0 Å². The Morgan fingerprint density at radius 3 is 2.34 bits per heavy atom. The molecule has 0 aliphatic heterocycles. The van der Waals surface area contributed by atoms with Crippen LogP contribution in [0, 0.1) is 12.7 Å². The number of aromatic nitrogens is 3. The van der Waals surface area contributed by atoms with Gasteiger partial charge in [-0.2, -0.15) is 13.2 Å². The fourth-order valence-electron chi connectivity index (χ4n) is 2.74. The molecule has 13 heteroatoms. The van der Waals surface area contributed by atoms with Crippen LogP contribution in [0.3, 0.4) is 0 Å². The Morgan fingerprint density at radius 2 is 1.78 bits per heavy atom. The number of benzene rings is 2. The molecule has 2 aromatic carbocycles. The Labute approximate surface area is 180 Å². The summed E-state index contributed by atoms with van der Waals surface area (Å²) in [6.45, 7) is 3.03. The number of hydrogen-bond donors (Lipinski definition) is 2. The van der Waals surface area contributed by atoms with Crippen molar-refractivity contribution >= 4 is 27.3 Å². The lowest BCUT2D eigenvalue weighted by Gasteiger charge is -2.13. The zero-order chi connectivity index (χ0) is 23.7. The third-order valence-electron chi connectivity index (χ3n) is 4.35. The zero-order valence-corrected chi connectivity index (χ0v) is 17.6. The minimum atomic E-state index is -4.98. The smallest absolute Gasteiger partial charge is 0.321 e. The average molecular weight is 471 g/mol. The van der Waals surface area contributed by atoms with E-state index < -0.39 is 39.3 Å². The van der Waals surface area contributed by atoms with Gasteiger partial charge in [-0.15, -0.1) is 5.10 Å². The van der Waals surface area contributed by atoms with E-state index in [2.05, 4.69) is 20.4 Å². The fourth-order valence-corrected chi connectivity index (χ4v) is 3.45. The van der Waals surface area contributed by atoms with Crippen LogP contribution in [0.25, 0.3) is 5.69 Å². The highest BCUT2D eigenvalue weighted by atomic mass is 32.2. The molecule has 0 aliphatic carbocycles. The van der Waals surface area contributed by atoms with Crippen LogP contribution in [-0.4, -0.2) is 35.1 Å². The molecule has 3 rings (SSSR count). The van der Waals surface area contributed by atoms with Crippen LogP contribution in [0.2, 0.25) is 0 Å². The van der Waals surface area contributed by atoms with Gasteiger partial charge < -0.3 is 5.32 Å². The summed E-state index contributed by atoms with van der Waals surface area (Å²) < 4.78 is 80.4. The second-order valence-corrected chi connectivity index (χ2v) is 8.67. The molecule has 3 aromatic rings. The number of halogens is 4. The van der Waals surface area contributed by atoms with Gasteiger partial charge in [0.25, 0.3) is 5.91 Å².